The highest BCUT2D eigenvalue weighted by atomic mass is 16.5. The van der Waals surface area contributed by atoms with Crippen LogP contribution in [0.3, 0.4) is 0 Å². The second-order valence-corrected chi connectivity index (χ2v) is 4.80. The molecule has 1 aromatic heterocycles. The number of aromatic nitrogens is 1. The Morgan fingerprint density at radius 2 is 2.10 bits per heavy atom. The molecule has 0 amide bonds. The first-order chi connectivity index (χ1) is 9.58. The predicted molar refractivity (Wildman–Crippen MR) is 78.0 cm³/mol. The second kappa shape index (κ2) is 6.39. The molecule has 106 valence electrons. The average Bonchev–Trinajstić information content (AvgIpc) is 2.41. The lowest BCUT2D eigenvalue weighted by molar-refractivity contribution is 0.190. The van der Waals surface area contributed by atoms with Gasteiger partial charge in [-0.2, -0.15) is 0 Å². The number of aliphatic hydroxyl groups is 1. The van der Waals surface area contributed by atoms with E-state index in [4.69, 9.17) is 4.74 Å². The van der Waals surface area contributed by atoms with Gasteiger partial charge >= 0.3 is 0 Å². The Morgan fingerprint density at radius 1 is 1.30 bits per heavy atom. The van der Waals surface area contributed by atoms with Crippen LogP contribution in [0.25, 0.3) is 0 Å². The van der Waals surface area contributed by atoms with Gasteiger partial charge < -0.3 is 14.4 Å². The van der Waals surface area contributed by atoms with Crippen LogP contribution in [0.1, 0.15) is 24.2 Å². The van der Waals surface area contributed by atoms with E-state index in [1.165, 1.54) is 6.07 Å². The number of hydrogen-bond donors (Lipinski definition) is 1. The fraction of sp³-hybridized carbons (Fsp3) is 0.312. The van der Waals surface area contributed by atoms with Crippen LogP contribution in [0.2, 0.25) is 0 Å². The summed E-state index contributed by atoms with van der Waals surface area (Å²) in [5.41, 5.74) is 1.79. The maximum absolute atomic E-state index is 11.6. The lowest BCUT2D eigenvalue weighted by atomic mass is 10.1. The highest BCUT2D eigenvalue weighted by Crippen LogP contribution is 2.26. The Morgan fingerprint density at radius 3 is 2.80 bits per heavy atom. The van der Waals surface area contributed by atoms with Gasteiger partial charge in [0.15, 0.2) is 0 Å². The number of benzene rings is 1. The van der Waals surface area contributed by atoms with E-state index in [1.807, 2.05) is 31.2 Å². The van der Waals surface area contributed by atoms with Crippen LogP contribution in [0.5, 0.6) is 5.75 Å². The number of ether oxygens (including phenoxy) is 1. The zero-order valence-electron chi connectivity index (χ0n) is 11.7. The summed E-state index contributed by atoms with van der Waals surface area (Å²) in [4.78, 5) is 11.6. The van der Waals surface area contributed by atoms with Crippen molar-refractivity contribution in [3.63, 3.8) is 0 Å². The van der Waals surface area contributed by atoms with Crippen molar-refractivity contribution in [2.45, 2.75) is 26.5 Å². The Balaban J connectivity index is 2.06. The first-order valence-corrected chi connectivity index (χ1v) is 6.65. The molecule has 1 heterocycles. The predicted octanol–water partition coefficient (Wildman–Crippen LogP) is 2.29. The maximum Gasteiger partial charge on any atom is 0.250 e. The van der Waals surface area contributed by atoms with Gasteiger partial charge in [0, 0.05) is 17.8 Å². The Hall–Kier alpha value is -2.07. The van der Waals surface area contributed by atoms with Crippen molar-refractivity contribution in [1.82, 2.24) is 4.57 Å². The van der Waals surface area contributed by atoms with Gasteiger partial charge in [0.25, 0.3) is 5.56 Å². The Labute approximate surface area is 118 Å². The van der Waals surface area contributed by atoms with Gasteiger partial charge in [-0.05, 0) is 31.5 Å². The van der Waals surface area contributed by atoms with E-state index < -0.39 is 6.10 Å². The number of rotatable bonds is 5. The van der Waals surface area contributed by atoms with Gasteiger partial charge in [0.05, 0.1) is 12.6 Å². The van der Waals surface area contributed by atoms with Crippen molar-refractivity contribution in [1.29, 1.82) is 0 Å². The molecule has 2 aromatic rings. The minimum absolute atomic E-state index is 0.0453. The molecule has 0 saturated carbocycles. The SMILES string of the molecule is Cc1ccc([C@H](C)O)c(OCCn2ccccc2=O)c1. The van der Waals surface area contributed by atoms with E-state index in [1.54, 1.807) is 23.8 Å². The first kappa shape index (κ1) is 14.3. The van der Waals surface area contributed by atoms with Gasteiger partial charge in [-0.25, -0.2) is 0 Å². The average molecular weight is 273 g/mol. The number of aliphatic hydroxyl groups excluding tert-OH is 1. The van der Waals surface area contributed by atoms with Crippen molar-refractivity contribution in [3.8, 4) is 5.75 Å². The summed E-state index contributed by atoms with van der Waals surface area (Å²) in [6.07, 6.45) is 1.15. The third-order valence-electron chi connectivity index (χ3n) is 3.11. The Kier molecular flexibility index (Phi) is 4.58. The molecule has 0 radical (unpaired) electrons. The summed E-state index contributed by atoms with van der Waals surface area (Å²) in [5, 5.41) is 9.72. The van der Waals surface area contributed by atoms with E-state index in [0.717, 1.165) is 11.1 Å². The molecule has 0 bridgehead atoms. The number of aryl methyl sites for hydroxylation is 1. The minimum atomic E-state index is -0.579. The van der Waals surface area contributed by atoms with E-state index in [9.17, 15) is 9.90 Å². The zero-order valence-corrected chi connectivity index (χ0v) is 11.7. The standard InChI is InChI=1S/C16H19NO3/c1-12-6-7-14(13(2)18)15(11-12)20-10-9-17-8-4-3-5-16(17)19/h3-8,11,13,18H,9-10H2,1-2H3/t13-/m0/s1. The third kappa shape index (κ3) is 3.48. The first-order valence-electron chi connectivity index (χ1n) is 6.65. The smallest absolute Gasteiger partial charge is 0.250 e. The molecule has 4 heteroatoms. The molecule has 0 saturated heterocycles. The summed E-state index contributed by atoms with van der Waals surface area (Å²) in [6.45, 7) is 4.54. The van der Waals surface area contributed by atoms with Crippen LogP contribution < -0.4 is 10.3 Å². The van der Waals surface area contributed by atoms with Crippen LogP contribution in [-0.4, -0.2) is 16.3 Å². The van der Waals surface area contributed by atoms with Gasteiger partial charge in [0.2, 0.25) is 0 Å². The number of hydrogen-bond acceptors (Lipinski definition) is 3. The van der Waals surface area contributed by atoms with Crippen molar-refractivity contribution >= 4 is 0 Å². The van der Waals surface area contributed by atoms with E-state index in [2.05, 4.69) is 0 Å². The van der Waals surface area contributed by atoms with Crippen molar-refractivity contribution in [2.75, 3.05) is 6.61 Å². The normalized spacial score (nSPS) is 12.2. The number of nitrogens with zero attached hydrogens (tertiary/aromatic N) is 1. The maximum atomic E-state index is 11.6. The molecule has 1 atom stereocenters. The molecule has 1 aromatic carbocycles. The molecule has 2 rings (SSSR count). The summed E-state index contributed by atoms with van der Waals surface area (Å²) in [7, 11) is 0. The zero-order chi connectivity index (χ0) is 14.5. The lowest BCUT2D eigenvalue weighted by Gasteiger charge is -2.14. The molecular formula is C16H19NO3. The molecule has 4 nitrogen and oxygen atoms in total. The van der Waals surface area contributed by atoms with Crippen LogP contribution in [0.4, 0.5) is 0 Å². The molecule has 20 heavy (non-hydrogen) atoms. The summed E-state index contributed by atoms with van der Waals surface area (Å²) >= 11 is 0. The Bertz CT molecular complexity index is 632. The summed E-state index contributed by atoms with van der Waals surface area (Å²) in [5.74, 6) is 0.670. The quantitative estimate of drug-likeness (QED) is 0.909. The van der Waals surface area contributed by atoms with Crippen molar-refractivity contribution in [3.05, 3.63) is 64.1 Å². The highest BCUT2D eigenvalue weighted by molar-refractivity contribution is 5.38. The van der Waals surface area contributed by atoms with Crippen molar-refractivity contribution in [2.24, 2.45) is 0 Å². The van der Waals surface area contributed by atoms with Crippen LogP contribution in [0.15, 0.2) is 47.4 Å². The highest BCUT2D eigenvalue weighted by Gasteiger charge is 2.09. The largest absolute Gasteiger partial charge is 0.491 e. The van der Waals surface area contributed by atoms with E-state index in [-0.39, 0.29) is 5.56 Å². The molecule has 0 spiro atoms. The monoisotopic (exact) mass is 273 g/mol. The lowest BCUT2D eigenvalue weighted by Crippen LogP contribution is -2.21. The topological polar surface area (TPSA) is 51.5 Å². The van der Waals surface area contributed by atoms with Gasteiger partial charge in [-0.15, -0.1) is 0 Å². The molecule has 0 fully saturated rings. The van der Waals surface area contributed by atoms with Gasteiger partial charge in [-0.3, -0.25) is 4.79 Å². The minimum Gasteiger partial charge on any atom is -0.491 e. The van der Waals surface area contributed by atoms with Crippen LogP contribution in [-0.2, 0) is 6.54 Å². The fourth-order valence-corrected chi connectivity index (χ4v) is 2.01. The molecular weight excluding hydrogens is 254 g/mol. The molecule has 0 aliphatic heterocycles. The van der Waals surface area contributed by atoms with Crippen LogP contribution >= 0.6 is 0 Å². The van der Waals surface area contributed by atoms with Crippen molar-refractivity contribution < 1.29 is 9.84 Å². The van der Waals surface area contributed by atoms with Gasteiger partial charge in [-0.1, -0.05) is 18.2 Å². The summed E-state index contributed by atoms with van der Waals surface area (Å²) < 4.78 is 7.31. The fourth-order valence-electron chi connectivity index (χ4n) is 2.01. The molecule has 0 aliphatic carbocycles. The third-order valence-corrected chi connectivity index (χ3v) is 3.11. The molecule has 1 N–H and O–H groups in total. The second-order valence-electron chi connectivity index (χ2n) is 4.80. The molecule has 0 unspecified atom stereocenters. The molecule has 0 aliphatic rings. The van der Waals surface area contributed by atoms with Crippen LogP contribution in [0, 0.1) is 6.92 Å². The van der Waals surface area contributed by atoms with E-state index in [0.29, 0.717) is 18.9 Å². The number of pyridine rings is 1. The summed E-state index contributed by atoms with van der Waals surface area (Å²) in [6, 6.07) is 10.8. The van der Waals surface area contributed by atoms with E-state index >= 15 is 0 Å². The van der Waals surface area contributed by atoms with Gasteiger partial charge in [0.1, 0.15) is 12.4 Å².